The first-order valence-corrected chi connectivity index (χ1v) is 5.48. The normalized spacial score (nSPS) is 17.8. The van der Waals surface area contributed by atoms with Gasteiger partial charge in [-0.15, -0.1) is 11.8 Å². The summed E-state index contributed by atoms with van der Waals surface area (Å²) >= 11 is 1.83. The lowest BCUT2D eigenvalue weighted by Gasteiger charge is -2.06. The topological polar surface area (TPSA) is 51.8 Å². The lowest BCUT2D eigenvalue weighted by molar-refractivity contribution is 0.886. The summed E-state index contributed by atoms with van der Waals surface area (Å²) in [6.45, 7) is 0. The Morgan fingerprint density at radius 1 is 1.38 bits per heavy atom. The summed E-state index contributed by atoms with van der Waals surface area (Å²) < 4.78 is 0. The molecular formula is C9H13N3S. The fourth-order valence-electron chi connectivity index (χ4n) is 1.60. The van der Waals surface area contributed by atoms with Crippen LogP contribution in [0.4, 0.5) is 5.95 Å². The summed E-state index contributed by atoms with van der Waals surface area (Å²) in [5.74, 6) is 0.378. The molecule has 3 nitrogen and oxygen atoms in total. The van der Waals surface area contributed by atoms with Gasteiger partial charge in [-0.25, -0.2) is 9.97 Å². The van der Waals surface area contributed by atoms with Crippen LogP contribution in [-0.4, -0.2) is 15.2 Å². The molecule has 0 radical (unpaired) electrons. The minimum Gasteiger partial charge on any atom is -0.368 e. The Bertz CT molecular complexity index is 284. The van der Waals surface area contributed by atoms with E-state index in [0.29, 0.717) is 5.95 Å². The molecule has 0 unspecified atom stereocenters. The molecule has 4 heteroatoms. The highest BCUT2D eigenvalue weighted by Crippen LogP contribution is 2.33. The van der Waals surface area contributed by atoms with Gasteiger partial charge in [-0.05, 0) is 18.9 Å². The molecular weight excluding hydrogens is 182 g/mol. The fraction of sp³-hybridized carbons (Fsp3) is 0.556. The van der Waals surface area contributed by atoms with E-state index >= 15 is 0 Å². The molecule has 1 heterocycles. The van der Waals surface area contributed by atoms with Crippen molar-refractivity contribution in [1.29, 1.82) is 0 Å². The van der Waals surface area contributed by atoms with E-state index in [1.54, 1.807) is 6.20 Å². The highest BCUT2D eigenvalue weighted by molar-refractivity contribution is 7.99. The molecule has 1 fully saturated rings. The van der Waals surface area contributed by atoms with Crippen molar-refractivity contribution in [3.8, 4) is 0 Å². The molecule has 0 saturated heterocycles. The standard InChI is InChI=1S/C9H13N3S/c10-9-11-6-5-8(12-9)13-7-3-1-2-4-7/h5-7H,1-4H2,(H2,10,11,12). The van der Waals surface area contributed by atoms with Gasteiger partial charge < -0.3 is 5.73 Å². The monoisotopic (exact) mass is 195 g/mol. The van der Waals surface area contributed by atoms with E-state index in [4.69, 9.17) is 5.73 Å². The highest BCUT2D eigenvalue weighted by Gasteiger charge is 2.16. The van der Waals surface area contributed by atoms with E-state index in [0.717, 1.165) is 10.3 Å². The Hall–Kier alpha value is -0.770. The summed E-state index contributed by atoms with van der Waals surface area (Å²) in [5.41, 5.74) is 5.50. The van der Waals surface area contributed by atoms with E-state index in [1.807, 2.05) is 17.8 Å². The number of thioether (sulfide) groups is 1. The average molecular weight is 195 g/mol. The lowest BCUT2D eigenvalue weighted by Crippen LogP contribution is -1.98. The van der Waals surface area contributed by atoms with Crippen molar-refractivity contribution in [3.05, 3.63) is 12.3 Å². The molecule has 1 aromatic heterocycles. The number of hydrogen-bond donors (Lipinski definition) is 1. The van der Waals surface area contributed by atoms with Gasteiger partial charge in [0.15, 0.2) is 0 Å². The quantitative estimate of drug-likeness (QED) is 0.734. The number of nitrogens with two attached hydrogens (primary N) is 1. The maximum atomic E-state index is 5.50. The van der Waals surface area contributed by atoms with Gasteiger partial charge in [-0.3, -0.25) is 0 Å². The molecule has 13 heavy (non-hydrogen) atoms. The van der Waals surface area contributed by atoms with Crippen LogP contribution in [0.15, 0.2) is 17.3 Å². The fourth-order valence-corrected chi connectivity index (χ4v) is 2.80. The second-order valence-corrected chi connectivity index (χ2v) is 4.60. The van der Waals surface area contributed by atoms with E-state index in [1.165, 1.54) is 25.7 Å². The van der Waals surface area contributed by atoms with Gasteiger partial charge in [0, 0.05) is 11.4 Å². The molecule has 0 amide bonds. The second kappa shape index (κ2) is 3.96. The third-order valence-corrected chi connectivity index (χ3v) is 3.51. The van der Waals surface area contributed by atoms with Crippen LogP contribution < -0.4 is 5.73 Å². The molecule has 0 bridgehead atoms. The van der Waals surface area contributed by atoms with Gasteiger partial charge in [-0.1, -0.05) is 12.8 Å². The van der Waals surface area contributed by atoms with Crippen molar-refractivity contribution < 1.29 is 0 Å². The van der Waals surface area contributed by atoms with Gasteiger partial charge in [0.25, 0.3) is 0 Å². The number of anilines is 1. The Morgan fingerprint density at radius 3 is 2.85 bits per heavy atom. The molecule has 0 aliphatic heterocycles. The van der Waals surface area contributed by atoms with Crippen LogP contribution in [-0.2, 0) is 0 Å². The Kier molecular flexibility index (Phi) is 2.68. The predicted octanol–water partition coefficient (Wildman–Crippen LogP) is 2.09. The number of hydrogen-bond acceptors (Lipinski definition) is 4. The molecule has 1 aliphatic rings. The zero-order valence-corrected chi connectivity index (χ0v) is 8.26. The maximum absolute atomic E-state index is 5.50. The Labute approximate surface area is 82.2 Å². The smallest absolute Gasteiger partial charge is 0.221 e. The first-order valence-electron chi connectivity index (χ1n) is 4.60. The molecule has 1 saturated carbocycles. The highest BCUT2D eigenvalue weighted by atomic mass is 32.2. The predicted molar refractivity (Wildman–Crippen MR) is 54.6 cm³/mol. The molecule has 0 spiro atoms. The van der Waals surface area contributed by atoms with Crippen molar-refractivity contribution in [1.82, 2.24) is 9.97 Å². The summed E-state index contributed by atoms with van der Waals surface area (Å²) in [6.07, 6.45) is 7.07. The number of nitrogen functional groups attached to an aromatic ring is 1. The first-order chi connectivity index (χ1) is 6.34. The molecule has 70 valence electrons. The van der Waals surface area contributed by atoms with Gasteiger partial charge in [0.05, 0.1) is 0 Å². The third kappa shape index (κ3) is 2.34. The van der Waals surface area contributed by atoms with E-state index in [9.17, 15) is 0 Å². The van der Waals surface area contributed by atoms with Crippen LogP contribution in [0.5, 0.6) is 0 Å². The van der Waals surface area contributed by atoms with Crippen LogP contribution in [0.25, 0.3) is 0 Å². The summed E-state index contributed by atoms with van der Waals surface area (Å²) in [5, 5.41) is 1.76. The molecule has 2 N–H and O–H groups in total. The summed E-state index contributed by atoms with van der Waals surface area (Å²) in [7, 11) is 0. The summed E-state index contributed by atoms with van der Waals surface area (Å²) in [4.78, 5) is 8.03. The van der Waals surface area contributed by atoms with E-state index in [-0.39, 0.29) is 0 Å². The second-order valence-electron chi connectivity index (χ2n) is 3.28. The lowest BCUT2D eigenvalue weighted by atomic mass is 10.4. The molecule has 2 rings (SSSR count). The first kappa shape index (κ1) is 8.81. The maximum Gasteiger partial charge on any atom is 0.221 e. The zero-order chi connectivity index (χ0) is 9.10. The minimum atomic E-state index is 0.378. The number of aromatic nitrogens is 2. The van der Waals surface area contributed by atoms with Crippen molar-refractivity contribution in [2.45, 2.75) is 36.0 Å². The SMILES string of the molecule is Nc1nccc(SC2CCCC2)n1. The molecule has 0 aromatic carbocycles. The number of nitrogens with zero attached hydrogens (tertiary/aromatic N) is 2. The van der Waals surface area contributed by atoms with Crippen molar-refractivity contribution in [2.75, 3.05) is 5.73 Å². The van der Waals surface area contributed by atoms with Crippen molar-refractivity contribution in [2.24, 2.45) is 0 Å². The van der Waals surface area contributed by atoms with Crippen molar-refractivity contribution in [3.63, 3.8) is 0 Å². The average Bonchev–Trinajstić information content (AvgIpc) is 2.57. The Balaban J connectivity index is 2.00. The molecule has 0 atom stereocenters. The molecule has 1 aliphatic carbocycles. The van der Waals surface area contributed by atoms with Crippen LogP contribution in [0.1, 0.15) is 25.7 Å². The van der Waals surface area contributed by atoms with Gasteiger partial charge in [0.1, 0.15) is 5.03 Å². The van der Waals surface area contributed by atoms with Crippen LogP contribution in [0.2, 0.25) is 0 Å². The van der Waals surface area contributed by atoms with Gasteiger partial charge >= 0.3 is 0 Å². The Morgan fingerprint density at radius 2 is 2.15 bits per heavy atom. The minimum absolute atomic E-state index is 0.378. The van der Waals surface area contributed by atoms with Crippen LogP contribution in [0, 0.1) is 0 Å². The van der Waals surface area contributed by atoms with Crippen LogP contribution in [0.3, 0.4) is 0 Å². The third-order valence-electron chi connectivity index (χ3n) is 2.24. The van der Waals surface area contributed by atoms with E-state index in [2.05, 4.69) is 9.97 Å². The van der Waals surface area contributed by atoms with Crippen molar-refractivity contribution >= 4 is 17.7 Å². The van der Waals surface area contributed by atoms with E-state index < -0.39 is 0 Å². The van der Waals surface area contributed by atoms with Gasteiger partial charge in [-0.2, -0.15) is 0 Å². The largest absolute Gasteiger partial charge is 0.368 e. The van der Waals surface area contributed by atoms with Gasteiger partial charge in [0.2, 0.25) is 5.95 Å². The molecule has 1 aromatic rings. The zero-order valence-electron chi connectivity index (χ0n) is 7.44. The summed E-state index contributed by atoms with van der Waals surface area (Å²) in [6, 6.07) is 1.93. The van der Waals surface area contributed by atoms with Crippen LogP contribution >= 0.6 is 11.8 Å². The number of rotatable bonds is 2.